The van der Waals surface area contributed by atoms with Crippen LogP contribution in [0.2, 0.25) is 0 Å². The summed E-state index contributed by atoms with van der Waals surface area (Å²) < 4.78 is 2.39. The summed E-state index contributed by atoms with van der Waals surface area (Å²) in [6.07, 6.45) is 7.76. The Morgan fingerprint density at radius 2 is 1.12 bits per heavy atom. The molecule has 0 fully saturated rings. The minimum absolute atomic E-state index is 0.306. The summed E-state index contributed by atoms with van der Waals surface area (Å²) in [6.45, 7) is 2.36. The van der Waals surface area contributed by atoms with Crippen molar-refractivity contribution in [1.82, 2.24) is 4.57 Å². The zero-order valence-corrected chi connectivity index (χ0v) is 28.7. The van der Waals surface area contributed by atoms with Crippen molar-refractivity contribution >= 4 is 38.8 Å². The predicted molar refractivity (Wildman–Crippen MR) is 217 cm³/mol. The molecule has 2 nitrogen and oxygen atoms in total. The first-order chi connectivity index (χ1) is 25.2. The first kappa shape index (κ1) is 30.7. The van der Waals surface area contributed by atoms with Gasteiger partial charge in [-0.1, -0.05) is 146 Å². The van der Waals surface area contributed by atoms with E-state index in [2.05, 4.69) is 217 Å². The van der Waals surface area contributed by atoms with Crippen LogP contribution < -0.4 is 4.90 Å². The lowest BCUT2D eigenvalue weighted by molar-refractivity contribution is 0.578. The van der Waals surface area contributed by atoms with Crippen LogP contribution in [-0.4, -0.2) is 10.1 Å². The number of hydrogen-bond donors (Lipinski definition) is 0. The Labute approximate surface area is 299 Å². The molecule has 1 unspecified atom stereocenters. The summed E-state index contributed by atoms with van der Waals surface area (Å²) in [5, 5.41) is 2.55. The Kier molecular flexibility index (Phi) is 7.71. The maximum atomic E-state index is 2.51. The van der Waals surface area contributed by atoms with Crippen molar-refractivity contribution in [3.63, 3.8) is 0 Å². The van der Waals surface area contributed by atoms with Crippen molar-refractivity contribution < 1.29 is 0 Å². The van der Waals surface area contributed by atoms with Gasteiger partial charge in [-0.3, -0.25) is 0 Å². The van der Waals surface area contributed by atoms with Crippen molar-refractivity contribution in [3.05, 3.63) is 206 Å². The number of benzene rings is 7. The van der Waals surface area contributed by atoms with Gasteiger partial charge in [0.1, 0.15) is 0 Å². The van der Waals surface area contributed by atoms with Gasteiger partial charge in [0.2, 0.25) is 0 Å². The quantitative estimate of drug-likeness (QED) is 0.166. The number of hydrogen-bond acceptors (Lipinski definition) is 1. The Morgan fingerprint density at radius 1 is 0.510 bits per heavy atom. The number of fused-ring (bicyclic) bond motifs is 3. The fourth-order valence-corrected chi connectivity index (χ4v) is 8.00. The summed E-state index contributed by atoms with van der Waals surface area (Å²) in [5.41, 5.74) is 13.1. The largest absolute Gasteiger partial charge is 0.332 e. The number of allylic oxidation sites excluding steroid dienone is 2. The van der Waals surface area contributed by atoms with Crippen LogP contribution in [0, 0.1) is 0 Å². The van der Waals surface area contributed by atoms with Gasteiger partial charge in [-0.2, -0.15) is 0 Å². The lowest BCUT2D eigenvalue weighted by atomic mass is 9.82. The number of anilines is 2. The number of para-hydroxylation sites is 3. The van der Waals surface area contributed by atoms with Crippen molar-refractivity contribution in [2.45, 2.75) is 18.9 Å². The van der Waals surface area contributed by atoms with Gasteiger partial charge in [0.15, 0.2) is 0 Å². The standard InChI is InChI=1S/C49H38N2/c1-49(51(42-25-9-4-10-26-42)43-27-14-20-38(34-43)36-17-5-2-6-18-36)32-16-22-40(35-49)37-19-13-21-39(33-37)44-29-15-31-47-48(44)45-28-11-12-30-46(45)50(47)41-23-7-3-8-24-41/h2-34H,35H2,1H3. The monoisotopic (exact) mass is 654 g/mol. The molecule has 0 bridgehead atoms. The highest BCUT2D eigenvalue weighted by molar-refractivity contribution is 6.15. The molecule has 0 N–H and O–H groups in total. The van der Waals surface area contributed by atoms with Gasteiger partial charge >= 0.3 is 0 Å². The molecule has 1 aliphatic rings. The molecular formula is C49H38N2. The van der Waals surface area contributed by atoms with Gasteiger partial charge in [0, 0.05) is 27.8 Å². The van der Waals surface area contributed by atoms with Crippen LogP contribution in [0.1, 0.15) is 18.9 Å². The van der Waals surface area contributed by atoms with Crippen molar-refractivity contribution in [2.24, 2.45) is 0 Å². The predicted octanol–water partition coefficient (Wildman–Crippen LogP) is 13.1. The van der Waals surface area contributed by atoms with Gasteiger partial charge in [-0.25, -0.2) is 0 Å². The maximum absolute atomic E-state index is 2.51. The third-order valence-corrected chi connectivity index (χ3v) is 10.3. The zero-order chi connectivity index (χ0) is 34.2. The van der Waals surface area contributed by atoms with E-state index in [9.17, 15) is 0 Å². The fraction of sp³-hybridized carbons (Fsp3) is 0.0612. The van der Waals surface area contributed by atoms with Gasteiger partial charge in [-0.05, 0) is 101 Å². The van der Waals surface area contributed by atoms with E-state index in [1.54, 1.807) is 0 Å². The van der Waals surface area contributed by atoms with E-state index >= 15 is 0 Å². The van der Waals surface area contributed by atoms with Gasteiger partial charge in [0.25, 0.3) is 0 Å². The maximum Gasteiger partial charge on any atom is 0.0648 e. The lowest BCUT2D eigenvalue weighted by Crippen LogP contribution is -2.42. The average Bonchev–Trinajstić information content (AvgIpc) is 3.54. The van der Waals surface area contributed by atoms with Crippen LogP contribution >= 0.6 is 0 Å². The van der Waals surface area contributed by atoms with Crippen LogP contribution in [0.25, 0.3) is 55.3 Å². The van der Waals surface area contributed by atoms with E-state index in [0.717, 1.165) is 6.42 Å². The highest BCUT2D eigenvalue weighted by Gasteiger charge is 2.34. The van der Waals surface area contributed by atoms with Crippen LogP contribution in [0.15, 0.2) is 200 Å². The molecule has 1 aliphatic carbocycles. The van der Waals surface area contributed by atoms with E-state index in [1.165, 1.54) is 72.3 Å². The third kappa shape index (κ3) is 5.56. The smallest absolute Gasteiger partial charge is 0.0648 e. The Bertz CT molecular complexity index is 2560. The van der Waals surface area contributed by atoms with Crippen molar-refractivity contribution in [2.75, 3.05) is 4.90 Å². The minimum atomic E-state index is -0.306. The fourth-order valence-electron chi connectivity index (χ4n) is 8.00. The zero-order valence-electron chi connectivity index (χ0n) is 28.7. The molecule has 0 amide bonds. The molecule has 9 rings (SSSR count). The van der Waals surface area contributed by atoms with E-state index in [1.807, 2.05) is 0 Å². The van der Waals surface area contributed by atoms with Gasteiger partial charge in [-0.15, -0.1) is 0 Å². The Balaban J connectivity index is 1.12. The van der Waals surface area contributed by atoms with Crippen LogP contribution in [-0.2, 0) is 0 Å². The molecular weight excluding hydrogens is 617 g/mol. The van der Waals surface area contributed by atoms with Gasteiger partial charge < -0.3 is 9.47 Å². The molecule has 2 heteroatoms. The van der Waals surface area contributed by atoms with Gasteiger partial charge in [0.05, 0.1) is 16.6 Å². The molecule has 0 spiro atoms. The third-order valence-electron chi connectivity index (χ3n) is 10.3. The second-order valence-corrected chi connectivity index (χ2v) is 13.6. The molecule has 7 aromatic carbocycles. The molecule has 244 valence electrons. The second-order valence-electron chi connectivity index (χ2n) is 13.6. The number of aromatic nitrogens is 1. The summed E-state index contributed by atoms with van der Waals surface area (Å²) in [5.74, 6) is 0. The summed E-state index contributed by atoms with van der Waals surface area (Å²) in [7, 11) is 0. The Hall–Kier alpha value is -6.38. The molecule has 0 saturated carbocycles. The minimum Gasteiger partial charge on any atom is -0.332 e. The molecule has 1 atom stereocenters. The summed E-state index contributed by atoms with van der Waals surface area (Å²) in [6, 6.07) is 65.7. The van der Waals surface area contributed by atoms with Crippen LogP contribution in [0.3, 0.4) is 0 Å². The molecule has 1 heterocycles. The molecule has 0 radical (unpaired) electrons. The highest BCUT2D eigenvalue weighted by Crippen LogP contribution is 2.44. The molecule has 51 heavy (non-hydrogen) atoms. The number of nitrogens with zero attached hydrogens (tertiary/aromatic N) is 2. The first-order valence-electron chi connectivity index (χ1n) is 17.7. The summed E-state index contributed by atoms with van der Waals surface area (Å²) >= 11 is 0. The molecule has 1 aromatic heterocycles. The van der Waals surface area contributed by atoms with E-state index < -0.39 is 0 Å². The van der Waals surface area contributed by atoms with E-state index in [-0.39, 0.29) is 5.54 Å². The highest BCUT2D eigenvalue weighted by atomic mass is 15.2. The average molecular weight is 655 g/mol. The van der Waals surface area contributed by atoms with Crippen LogP contribution in [0.4, 0.5) is 11.4 Å². The van der Waals surface area contributed by atoms with Crippen molar-refractivity contribution in [1.29, 1.82) is 0 Å². The van der Waals surface area contributed by atoms with Crippen molar-refractivity contribution in [3.8, 4) is 27.9 Å². The second kappa shape index (κ2) is 12.8. The molecule has 8 aromatic rings. The topological polar surface area (TPSA) is 8.17 Å². The lowest BCUT2D eigenvalue weighted by Gasteiger charge is -2.43. The van der Waals surface area contributed by atoms with E-state index in [4.69, 9.17) is 0 Å². The van der Waals surface area contributed by atoms with E-state index in [0.29, 0.717) is 0 Å². The molecule has 0 saturated heterocycles. The molecule has 0 aliphatic heterocycles. The Morgan fingerprint density at radius 3 is 1.94 bits per heavy atom. The number of rotatable bonds is 7. The normalized spacial score (nSPS) is 15.6. The van der Waals surface area contributed by atoms with Crippen LogP contribution in [0.5, 0.6) is 0 Å². The summed E-state index contributed by atoms with van der Waals surface area (Å²) in [4.78, 5) is 2.51. The first-order valence-corrected chi connectivity index (χ1v) is 17.7. The SMILES string of the molecule is CC1(N(c2ccccc2)c2cccc(-c3ccccc3)c2)C=CC=C(c2cccc(-c3cccc4c3c3ccccc3n4-c3ccccc3)c2)C1.